The first-order valence-corrected chi connectivity index (χ1v) is 6.04. The van der Waals surface area contributed by atoms with Crippen LogP contribution in [0.5, 0.6) is 0 Å². The second kappa shape index (κ2) is 4.69. The highest BCUT2D eigenvalue weighted by Crippen LogP contribution is 2.43. The van der Waals surface area contributed by atoms with Crippen molar-refractivity contribution in [3.05, 3.63) is 35.6 Å². The molecule has 0 bridgehead atoms. The third-order valence-electron chi connectivity index (χ3n) is 3.65. The number of carboxylic acids is 1. The fraction of sp³-hybridized carbons (Fsp3) is 0.500. The zero-order chi connectivity index (χ0) is 13.3. The minimum Gasteiger partial charge on any atom is -0.481 e. The molecule has 1 heterocycles. The summed E-state index contributed by atoms with van der Waals surface area (Å²) in [6.45, 7) is 4.42. The molecule has 0 saturated carbocycles. The summed E-state index contributed by atoms with van der Waals surface area (Å²) >= 11 is 0. The molecule has 0 aromatic heterocycles. The van der Waals surface area contributed by atoms with Gasteiger partial charge in [-0.15, -0.1) is 0 Å². The topological polar surface area (TPSA) is 46.5 Å². The highest BCUT2D eigenvalue weighted by atomic mass is 19.1. The van der Waals surface area contributed by atoms with E-state index in [4.69, 9.17) is 4.74 Å². The van der Waals surface area contributed by atoms with Crippen LogP contribution in [0, 0.1) is 17.7 Å². The van der Waals surface area contributed by atoms with Gasteiger partial charge in [-0.2, -0.15) is 0 Å². The molecule has 1 aliphatic rings. The van der Waals surface area contributed by atoms with Gasteiger partial charge in [0.25, 0.3) is 0 Å². The molecule has 98 valence electrons. The lowest BCUT2D eigenvalue weighted by molar-refractivity contribution is -0.161. The van der Waals surface area contributed by atoms with Crippen LogP contribution in [0.15, 0.2) is 24.3 Å². The number of carbonyl (C=O) groups is 1. The lowest BCUT2D eigenvalue weighted by Gasteiger charge is -2.47. The Morgan fingerprint density at radius 2 is 2.11 bits per heavy atom. The van der Waals surface area contributed by atoms with Crippen LogP contribution in [0.4, 0.5) is 4.39 Å². The summed E-state index contributed by atoms with van der Waals surface area (Å²) in [4.78, 5) is 11.5. The Balaban J connectivity index is 2.44. The van der Waals surface area contributed by atoms with Crippen molar-refractivity contribution in [1.82, 2.24) is 0 Å². The molecule has 2 rings (SSSR count). The molecular weight excluding hydrogens is 235 g/mol. The predicted molar refractivity (Wildman–Crippen MR) is 64.9 cm³/mol. The number of carboxylic acid groups (broad SMARTS) is 1. The van der Waals surface area contributed by atoms with Crippen molar-refractivity contribution in [3.8, 4) is 0 Å². The number of hydrogen-bond donors (Lipinski definition) is 1. The molecule has 1 saturated heterocycles. The smallest absolute Gasteiger partial charge is 0.307 e. The molecule has 4 heteroatoms. The average Bonchev–Trinajstić information content (AvgIpc) is 2.21. The first-order valence-electron chi connectivity index (χ1n) is 6.04. The molecule has 1 unspecified atom stereocenters. The van der Waals surface area contributed by atoms with Gasteiger partial charge in [0.2, 0.25) is 0 Å². The zero-order valence-electron chi connectivity index (χ0n) is 10.5. The third kappa shape index (κ3) is 2.01. The molecule has 1 atom stereocenters. The third-order valence-corrected chi connectivity index (χ3v) is 3.65. The Morgan fingerprint density at radius 1 is 1.44 bits per heavy atom. The summed E-state index contributed by atoms with van der Waals surface area (Å²) in [6, 6.07) is 6.18. The molecule has 3 nitrogen and oxygen atoms in total. The van der Waals surface area contributed by atoms with Crippen LogP contribution in [-0.4, -0.2) is 24.3 Å². The number of aliphatic carboxylic acids is 1. The summed E-state index contributed by atoms with van der Waals surface area (Å²) in [5, 5.41) is 9.43. The standard InChI is InChI=1S/C14H17FO3/c1-9(2)12(13(16)17)14(7-18-8-14)10-4-3-5-11(15)6-10/h3-6,9,12H,7-8H2,1-2H3,(H,16,17). The Labute approximate surface area is 106 Å². The molecule has 0 amide bonds. The fourth-order valence-electron chi connectivity index (χ4n) is 2.81. The normalized spacial score (nSPS) is 19.3. The summed E-state index contributed by atoms with van der Waals surface area (Å²) in [7, 11) is 0. The van der Waals surface area contributed by atoms with E-state index in [2.05, 4.69) is 0 Å². The van der Waals surface area contributed by atoms with Gasteiger partial charge in [0, 0.05) is 0 Å². The largest absolute Gasteiger partial charge is 0.481 e. The molecule has 1 aliphatic heterocycles. The van der Waals surface area contributed by atoms with Gasteiger partial charge in [-0.1, -0.05) is 26.0 Å². The summed E-state index contributed by atoms with van der Waals surface area (Å²) in [5.41, 5.74) is 0.122. The molecule has 1 fully saturated rings. The number of benzene rings is 1. The number of hydrogen-bond acceptors (Lipinski definition) is 2. The van der Waals surface area contributed by atoms with E-state index < -0.39 is 17.3 Å². The van der Waals surface area contributed by atoms with E-state index in [-0.39, 0.29) is 11.7 Å². The van der Waals surface area contributed by atoms with Crippen molar-refractivity contribution in [3.63, 3.8) is 0 Å². The lowest BCUT2D eigenvalue weighted by Crippen LogP contribution is -2.56. The van der Waals surface area contributed by atoms with E-state index in [9.17, 15) is 14.3 Å². The molecule has 0 aliphatic carbocycles. The van der Waals surface area contributed by atoms with Crippen LogP contribution in [0.1, 0.15) is 19.4 Å². The second-order valence-electron chi connectivity index (χ2n) is 5.22. The van der Waals surface area contributed by atoms with Crippen molar-refractivity contribution in [1.29, 1.82) is 0 Å². The monoisotopic (exact) mass is 252 g/mol. The minimum absolute atomic E-state index is 0.0327. The average molecular weight is 252 g/mol. The Morgan fingerprint density at radius 3 is 2.50 bits per heavy atom. The number of ether oxygens (including phenoxy) is 1. The Bertz CT molecular complexity index is 452. The molecule has 1 aromatic rings. The van der Waals surface area contributed by atoms with Crippen molar-refractivity contribution < 1.29 is 19.0 Å². The summed E-state index contributed by atoms with van der Waals surface area (Å²) in [6.07, 6.45) is 0. The SMILES string of the molecule is CC(C)C(C(=O)O)C1(c2cccc(F)c2)COC1. The van der Waals surface area contributed by atoms with Gasteiger partial charge in [0.1, 0.15) is 5.82 Å². The van der Waals surface area contributed by atoms with Crippen molar-refractivity contribution >= 4 is 5.97 Å². The maximum atomic E-state index is 13.3. The summed E-state index contributed by atoms with van der Waals surface area (Å²) < 4.78 is 18.6. The van der Waals surface area contributed by atoms with E-state index >= 15 is 0 Å². The minimum atomic E-state index is -0.849. The van der Waals surface area contributed by atoms with Crippen LogP contribution in [0.3, 0.4) is 0 Å². The van der Waals surface area contributed by atoms with Gasteiger partial charge >= 0.3 is 5.97 Å². The maximum Gasteiger partial charge on any atom is 0.307 e. The lowest BCUT2D eigenvalue weighted by atomic mass is 9.64. The first-order chi connectivity index (χ1) is 8.47. The highest BCUT2D eigenvalue weighted by Gasteiger charge is 2.51. The Kier molecular flexibility index (Phi) is 3.39. The van der Waals surface area contributed by atoms with Gasteiger partial charge in [-0.3, -0.25) is 4.79 Å². The Hall–Kier alpha value is -1.42. The van der Waals surface area contributed by atoms with Crippen LogP contribution in [0.25, 0.3) is 0 Å². The second-order valence-corrected chi connectivity index (χ2v) is 5.22. The summed E-state index contributed by atoms with van der Waals surface area (Å²) in [5.74, 6) is -1.79. The van der Waals surface area contributed by atoms with E-state index in [0.717, 1.165) is 5.56 Å². The maximum absolute atomic E-state index is 13.3. The van der Waals surface area contributed by atoms with Crippen LogP contribution < -0.4 is 0 Å². The van der Waals surface area contributed by atoms with E-state index in [1.54, 1.807) is 12.1 Å². The van der Waals surface area contributed by atoms with E-state index in [1.807, 2.05) is 13.8 Å². The number of rotatable bonds is 4. The predicted octanol–water partition coefficient (Wildman–Crippen LogP) is 2.45. The first kappa shape index (κ1) is 13.0. The van der Waals surface area contributed by atoms with Gasteiger partial charge in [0.15, 0.2) is 0 Å². The molecule has 1 aromatic carbocycles. The van der Waals surface area contributed by atoms with Crippen LogP contribution >= 0.6 is 0 Å². The van der Waals surface area contributed by atoms with E-state index in [0.29, 0.717) is 13.2 Å². The molecule has 0 spiro atoms. The number of halogens is 1. The van der Waals surface area contributed by atoms with Crippen LogP contribution in [0.2, 0.25) is 0 Å². The quantitative estimate of drug-likeness (QED) is 0.895. The molecule has 0 radical (unpaired) electrons. The van der Waals surface area contributed by atoms with Gasteiger partial charge in [-0.05, 0) is 23.6 Å². The van der Waals surface area contributed by atoms with Crippen molar-refractivity contribution in [2.24, 2.45) is 11.8 Å². The van der Waals surface area contributed by atoms with E-state index in [1.165, 1.54) is 12.1 Å². The molecule has 1 N–H and O–H groups in total. The molecule has 18 heavy (non-hydrogen) atoms. The zero-order valence-corrected chi connectivity index (χ0v) is 10.5. The van der Waals surface area contributed by atoms with Gasteiger partial charge < -0.3 is 9.84 Å². The molecular formula is C14H17FO3. The van der Waals surface area contributed by atoms with Crippen molar-refractivity contribution in [2.45, 2.75) is 19.3 Å². The highest BCUT2D eigenvalue weighted by molar-refractivity contribution is 5.73. The fourth-order valence-corrected chi connectivity index (χ4v) is 2.81. The van der Waals surface area contributed by atoms with Crippen LogP contribution in [-0.2, 0) is 14.9 Å². The van der Waals surface area contributed by atoms with Gasteiger partial charge in [-0.25, -0.2) is 4.39 Å². The van der Waals surface area contributed by atoms with Crippen molar-refractivity contribution in [2.75, 3.05) is 13.2 Å². The van der Waals surface area contributed by atoms with Gasteiger partial charge in [0.05, 0.1) is 24.5 Å².